The summed E-state index contributed by atoms with van der Waals surface area (Å²) < 4.78 is 8.50. The van der Waals surface area contributed by atoms with Crippen LogP contribution in [0.5, 0.6) is 0 Å². The predicted molar refractivity (Wildman–Crippen MR) is 126 cm³/mol. The molecule has 0 unspecified atom stereocenters. The number of aryl methyl sites for hydroxylation is 3. The van der Waals surface area contributed by atoms with E-state index in [1.807, 2.05) is 43.5 Å². The highest BCUT2D eigenvalue weighted by atomic mass is 32.1. The summed E-state index contributed by atoms with van der Waals surface area (Å²) in [6.45, 7) is 11.3. The highest BCUT2D eigenvalue weighted by Gasteiger charge is 2.12. The molecule has 1 aromatic heterocycles. The van der Waals surface area contributed by atoms with Gasteiger partial charge in [0.05, 0.1) is 23.2 Å². The van der Waals surface area contributed by atoms with Crippen LogP contribution in [0, 0.1) is 20.8 Å². The molecule has 3 aromatic rings. The Balaban J connectivity index is 1.99. The van der Waals surface area contributed by atoms with Gasteiger partial charge in [-0.05, 0) is 62.6 Å². The van der Waals surface area contributed by atoms with Gasteiger partial charge in [0, 0.05) is 25.8 Å². The number of amides is 2. The summed E-state index contributed by atoms with van der Waals surface area (Å²) >= 11 is 1.44. The molecule has 0 saturated carbocycles. The van der Waals surface area contributed by atoms with Gasteiger partial charge in [0.2, 0.25) is 5.91 Å². The predicted octanol–water partition coefficient (Wildman–Crippen LogP) is 4.29. The number of anilines is 1. The number of hydrogen-bond acceptors (Lipinski definition) is 4. The highest BCUT2D eigenvalue weighted by Crippen LogP contribution is 2.22. The molecule has 0 fully saturated rings. The average Bonchev–Trinajstić information content (AvgIpc) is 3.00. The third-order valence-electron chi connectivity index (χ3n) is 5.06. The van der Waals surface area contributed by atoms with Gasteiger partial charge in [-0.25, -0.2) is 0 Å². The van der Waals surface area contributed by atoms with E-state index in [2.05, 4.69) is 29.4 Å². The molecule has 0 aliphatic rings. The Morgan fingerprint density at radius 3 is 2.48 bits per heavy atom. The first kappa shape index (κ1) is 22.9. The maximum absolute atomic E-state index is 12.9. The van der Waals surface area contributed by atoms with Gasteiger partial charge in [-0.15, -0.1) is 0 Å². The van der Waals surface area contributed by atoms with Crippen molar-refractivity contribution in [2.45, 2.75) is 47.6 Å². The number of ether oxygens (including phenoxy) is 1. The number of nitrogens with one attached hydrogen (secondary N) is 1. The van der Waals surface area contributed by atoms with E-state index in [9.17, 15) is 9.59 Å². The standard InChI is InChI=1S/C24H29N3O3S/c1-6-30-10-9-27-21-8-7-19(25-18(5)28)13-22(21)31-24(27)26-23(29)14-20-16(3)11-15(2)12-17(20)4/h7-8,11-13H,6,9-10,14H2,1-5H3,(H,25,28). The van der Waals surface area contributed by atoms with Crippen LogP contribution in [0.15, 0.2) is 35.3 Å². The Labute approximate surface area is 186 Å². The van der Waals surface area contributed by atoms with E-state index in [1.54, 1.807) is 0 Å². The van der Waals surface area contributed by atoms with Crippen molar-refractivity contribution in [3.63, 3.8) is 0 Å². The maximum Gasteiger partial charge on any atom is 0.252 e. The highest BCUT2D eigenvalue weighted by molar-refractivity contribution is 7.16. The summed E-state index contributed by atoms with van der Waals surface area (Å²) in [5.74, 6) is -0.294. The number of carbonyl (C=O) groups excluding carboxylic acids is 2. The summed E-state index contributed by atoms with van der Waals surface area (Å²) in [5, 5.41) is 2.80. The number of nitrogens with zero attached hydrogens (tertiary/aromatic N) is 2. The number of benzene rings is 2. The van der Waals surface area contributed by atoms with Gasteiger partial charge in [-0.2, -0.15) is 4.99 Å². The number of hydrogen-bond donors (Lipinski definition) is 1. The Morgan fingerprint density at radius 1 is 1.13 bits per heavy atom. The summed E-state index contributed by atoms with van der Waals surface area (Å²) in [6, 6.07) is 9.91. The van der Waals surface area contributed by atoms with E-state index >= 15 is 0 Å². The molecule has 0 aliphatic carbocycles. The quantitative estimate of drug-likeness (QED) is 0.558. The van der Waals surface area contributed by atoms with Crippen LogP contribution in [0.4, 0.5) is 5.69 Å². The minimum atomic E-state index is -0.172. The number of aromatic nitrogens is 1. The molecule has 0 spiro atoms. The molecule has 6 nitrogen and oxygen atoms in total. The topological polar surface area (TPSA) is 72.7 Å². The lowest BCUT2D eigenvalue weighted by Gasteiger charge is -2.09. The number of fused-ring (bicyclic) bond motifs is 1. The zero-order valence-electron chi connectivity index (χ0n) is 18.7. The fraction of sp³-hybridized carbons (Fsp3) is 0.375. The fourth-order valence-corrected chi connectivity index (χ4v) is 4.85. The number of rotatable bonds is 7. The molecule has 0 radical (unpaired) electrons. The zero-order chi connectivity index (χ0) is 22.5. The molecule has 164 valence electrons. The van der Waals surface area contributed by atoms with Gasteiger partial charge >= 0.3 is 0 Å². The van der Waals surface area contributed by atoms with Gasteiger partial charge in [0.15, 0.2) is 4.80 Å². The Kier molecular flexibility index (Phi) is 7.41. The van der Waals surface area contributed by atoms with Crippen molar-refractivity contribution in [3.8, 4) is 0 Å². The van der Waals surface area contributed by atoms with E-state index in [-0.39, 0.29) is 18.2 Å². The van der Waals surface area contributed by atoms with Gasteiger partial charge in [-0.1, -0.05) is 29.0 Å². The van der Waals surface area contributed by atoms with Crippen LogP contribution in [0.2, 0.25) is 0 Å². The summed E-state index contributed by atoms with van der Waals surface area (Å²) in [6.07, 6.45) is 0.273. The normalized spacial score (nSPS) is 11.8. The van der Waals surface area contributed by atoms with Gasteiger partial charge < -0.3 is 14.6 Å². The SMILES string of the molecule is CCOCCn1c(=NC(=O)Cc2c(C)cc(C)cc2C)sc2cc(NC(C)=O)ccc21. The lowest BCUT2D eigenvalue weighted by Crippen LogP contribution is -2.20. The first-order valence-electron chi connectivity index (χ1n) is 10.4. The van der Waals surface area contributed by atoms with Gasteiger partial charge in [-0.3, -0.25) is 9.59 Å². The smallest absolute Gasteiger partial charge is 0.252 e. The van der Waals surface area contributed by atoms with Crippen LogP contribution >= 0.6 is 11.3 Å². The molecule has 2 aromatic carbocycles. The largest absolute Gasteiger partial charge is 0.380 e. The van der Waals surface area contributed by atoms with E-state index in [4.69, 9.17) is 4.74 Å². The fourth-order valence-electron chi connectivity index (χ4n) is 3.74. The zero-order valence-corrected chi connectivity index (χ0v) is 19.6. The Morgan fingerprint density at radius 2 is 1.84 bits per heavy atom. The van der Waals surface area contributed by atoms with Crippen LogP contribution in [0.3, 0.4) is 0 Å². The third-order valence-corrected chi connectivity index (χ3v) is 6.10. The van der Waals surface area contributed by atoms with Crippen molar-refractivity contribution >= 4 is 39.1 Å². The molecule has 0 aliphatic heterocycles. The van der Waals surface area contributed by atoms with Crippen molar-refractivity contribution in [1.29, 1.82) is 0 Å². The van der Waals surface area contributed by atoms with Gasteiger partial charge in [0.25, 0.3) is 5.91 Å². The van der Waals surface area contributed by atoms with Gasteiger partial charge in [0.1, 0.15) is 0 Å². The van der Waals surface area contributed by atoms with Crippen molar-refractivity contribution in [2.75, 3.05) is 18.5 Å². The molecule has 2 amide bonds. The van der Waals surface area contributed by atoms with Crippen LogP contribution in [0.25, 0.3) is 10.2 Å². The van der Waals surface area contributed by atoms with Crippen LogP contribution < -0.4 is 10.1 Å². The van der Waals surface area contributed by atoms with Crippen molar-refractivity contribution < 1.29 is 14.3 Å². The average molecular weight is 440 g/mol. The second kappa shape index (κ2) is 10.0. The monoisotopic (exact) mass is 439 g/mol. The second-order valence-electron chi connectivity index (χ2n) is 7.66. The molecule has 31 heavy (non-hydrogen) atoms. The molecule has 0 atom stereocenters. The molecular formula is C24H29N3O3S. The minimum absolute atomic E-state index is 0.121. The number of thiazole rings is 1. The number of carbonyl (C=O) groups is 2. The van der Waals surface area contributed by atoms with Crippen molar-refractivity contribution in [1.82, 2.24) is 4.57 Å². The molecule has 1 N–H and O–H groups in total. The Bertz CT molecular complexity index is 1170. The second-order valence-corrected chi connectivity index (χ2v) is 8.67. The molecule has 7 heteroatoms. The summed E-state index contributed by atoms with van der Waals surface area (Å²) in [5.41, 5.74) is 6.14. The van der Waals surface area contributed by atoms with Crippen LogP contribution in [-0.4, -0.2) is 29.6 Å². The maximum atomic E-state index is 12.9. The molecule has 0 bridgehead atoms. The molecule has 3 rings (SSSR count). The van der Waals surface area contributed by atoms with Crippen molar-refractivity contribution in [2.24, 2.45) is 4.99 Å². The Hall–Kier alpha value is -2.77. The molecule has 0 saturated heterocycles. The van der Waals surface area contributed by atoms with Crippen LogP contribution in [-0.2, 0) is 27.3 Å². The molecular weight excluding hydrogens is 410 g/mol. The van der Waals surface area contributed by atoms with E-state index in [1.165, 1.54) is 23.8 Å². The first-order chi connectivity index (χ1) is 14.8. The third kappa shape index (κ3) is 5.68. The minimum Gasteiger partial charge on any atom is -0.380 e. The first-order valence-corrected chi connectivity index (χ1v) is 11.2. The lowest BCUT2D eigenvalue weighted by atomic mass is 9.97. The molecule has 1 heterocycles. The van der Waals surface area contributed by atoms with Crippen molar-refractivity contribution in [3.05, 3.63) is 57.4 Å². The summed E-state index contributed by atoms with van der Waals surface area (Å²) in [4.78, 5) is 29.4. The lowest BCUT2D eigenvalue weighted by molar-refractivity contribution is -0.117. The van der Waals surface area contributed by atoms with E-state index in [0.717, 1.165) is 32.6 Å². The summed E-state index contributed by atoms with van der Waals surface area (Å²) in [7, 11) is 0. The van der Waals surface area contributed by atoms with Crippen LogP contribution in [0.1, 0.15) is 36.1 Å². The van der Waals surface area contributed by atoms with E-state index < -0.39 is 0 Å². The van der Waals surface area contributed by atoms with E-state index in [0.29, 0.717) is 24.6 Å².